The summed E-state index contributed by atoms with van der Waals surface area (Å²) in [6.45, 7) is 1.43. The third kappa shape index (κ3) is 3.72. The molecule has 21 heavy (non-hydrogen) atoms. The fourth-order valence-corrected chi connectivity index (χ4v) is 3.98. The first-order chi connectivity index (χ1) is 9.83. The van der Waals surface area contributed by atoms with E-state index in [1.807, 2.05) is 22.6 Å². The molecular formula is C14H13FINO3S. The van der Waals surface area contributed by atoms with Crippen molar-refractivity contribution in [3.8, 4) is 0 Å². The standard InChI is InChI=1S/C14H13FINO3S/c1-9-2-3-10(8-18)6-14(9)21(19,20)17-13-5-4-11(15)7-12(13)16/h2-7,17-18H,8H2,1H3. The van der Waals surface area contributed by atoms with Crippen LogP contribution < -0.4 is 4.72 Å². The van der Waals surface area contributed by atoms with Gasteiger partial charge in [0.15, 0.2) is 0 Å². The highest BCUT2D eigenvalue weighted by Gasteiger charge is 2.18. The predicted octanol–water partition coefficient (Wildman–Crippen LogP) is 3.03. The Morgan fingerprint density at radius 3 is 2.57 bits per heavy atom. The summed E-state index contributed by atoms with van der Waals surface area (Å²) in [6, 6.07) is 8.53. The topological polar surface area (TPSA) is 66.4 Å². The SMILES string of the molecule is Cc1ccc(CO)cc1S(=O)(=O)Nc1ccc(F)cc1I. The summed E-state index contributed by atoms with van der Waals surface area (Å²) >= 11 is 1.86. The van der Waals surface area contributed by atoms with Gasteiger partial charge in [0.05, 0.1) is 17.2 Å². The molecule has 0 amide bonds. The van der Waals surface area contributed by atoms with Crippen LogP contribution in [0.1, 0.15) is 11.1 Å². The first-order valence-electron chi connectivity index (χ1n) is 6.02. The molecule has 0 aliphatic heterocycles. The summed E-state index contributed by atoms with van der Waals surface area (Å²) < 4.78 is 40.8. The largest absolute Gasteiger partial charge is 0.392 e. The molecule has 0 fully saturated rings. The van der Waals surface area contributed by atoms with Crippen molar-refractivity contribution in [2.75, 3.05) is 4.72 Å². The van der Waals surface area contributed by atoms with Crippen LogP contribution in [0.4, 0.5) is 10.1 Å². The summed E-state index contributed by atoms with van der Waals surface area (Å²) in [5, 5.41) is 9.12. The number of aliphatic hydroxyl groups is 1. The van der Waals surface area contributed by atoms with Crippen LogP contribution in [0.2, 0.25) is 0 Å². The monoisotopic (exact) mass is 421 g/mol. The Morgan fingerprint density at radius 1 is 1.24 bits per heavy atom. The molecule has 0 spiro atoms. The van der Waals surface area contributed by atoms with Gasteiger partial charge in [0.2, 0.25) is 0 Å². The zero-order valence-corrected chi connectivity index (χ0v) is 14.1. The average Bonchev–Trinajstić information content (AvgIpc) is 2.42. The summed E-state index contributed by atoms with van der Waals surface area (Å²) in [6.07, 6.45) is 0. The molecule has 2 rings (SSSR count). The molecule has 4 nitrogen and oxygen atoms in total. The third-order valence-corrected chi connectivity index (χ3v) is 5.30. The van der Waals surface area contributed by atoms with Crippen LogP contribution in [0.25, 0.3) is 0 Å². The highest BCUT2D eigenvalue weighted by molar-refractivity contribution is 14.1. The van der Waals surface area contributed by atoms with Crippen molar-refractivity contribution in [2.24, 2.45) is 0 Å². The Hall–Kier alpha value is -1.19. The van der Waals surface area contributed by atoms with Gasteiger partial charge in [-0.3, -0.25) is 4.72 Å². The molecule has 0 unspecified atom stereocenters. The van der Waals surface area contributed by atoms with Crippen molar-refractivity contribution in [1.82, 2.24) is 0 Å². The molecule has 0 aliphatic rings. The first-order valence-corrected chi connectivity index (χ1v) is 8.58. The molecule has 0 aromatic heterocycles. The molecule has 0 saturated carbocycles. The predicted molar refractivity (Wildman–Crippen MR) is 87.0 cm³/mol. The molecule has 2 aromatic rings. The fourth-order valence-electron chi connectivity index (χ4n) is 1.80. The molecule has 0 radical (unpaired) electrons. The van der Waals surface area contributed by atoms with E-state index < -0.39 is 15.8 Å². The minimum atomic E-state index is -3.80. The van der Waals surface area contributed by atoms with Crippen molar-refractivity contribution in [3.63, 3.8) is 0 Å². The van der Waals surface area contributed by atoms with Crippen LogP contribution in [-0.4, -0.2) is 13.5 Å². The van der Waals surface area contributed by atoms with Crippen LogP contribution in [-0.2, 0) is 16.6 Å². The zero-order chi connectivity index (χ0) is 15.6. The summed E-state index contributed by atoms with van der Waals surface area (Å²) in [5.74, 6) is -0.430. The number of halogens is 2. The number of rotatable bonds is 4. The number of benzene rings is 2. The molecular weight excluding hydrogens is 408 g/mol. The van der Waals surface area contributed by atoms with E-state index in [0.717, 1.165) is 0 Å². The van der Waals surface area contributed by atoms with Gasteiger partial charge in [0.1, 0.15) is 5.82 Å². The lowest BCUT2D eigenvalue weighted by molar-refractivity contribution is 0.281. The highest BCUT2D eigenvalue weighted by Crippen LogP contribution is 2.24. The molecule has 2 N–H and O–H groups in total. The van der Waals surface area contributed by atoms with Crippen molar-refractivity contribution < 1.29 is 17.9 Å². The Kier molecular flexibility index (Phi) is 4.84. The number of nitrogens with one attached hydrogen (secondary N) is 1. The number of hydrogen-bond acceptors (Lipinski definition) is 3. The number of anilines is 1. The fraction of sp³-hybridized carbons (Fsp3) is 0.143. The third-order valence-electron chi connectivity index (χ3n) is 2.90. The highest BCUT2D eigenvalue weighted by atomic mass is 127. The Labute approximate surface area is 136 Å². The van der Waals surface area contributed by atoms with Gasteiger partial charge >= 0.3 is 0 Å². The van der Waals surface area contributed by atoms with E-state index >= 15 is 0 Å². The summed E-state index contributed by atoms with van der Waals surface area (Å²) in [5.41, 5.74) is 1.39. The van der Waals surface area contributed by atoms with Crippen molar-refractivity contribution in [1.29, 1.82) is 0 Å². The minimum absolute atomic E-state index is 0.0918. The quantitative estimate of drug-likeness (QED) is 0.747. The lowest BCUT2D eigenvalue weighted by Crippen LogP contribution is -2.15. The van der Waals surface area contributed by atoms with Gasteiger partial charge in [-0.05, 0) is 64.9 Å². The Morgan fingerprint density at radius 2 is 1.95 bits per heavy atom. The van der Waals surface area contributed by atoms with E-state index in [9.17, 15) is 12.8 Å². The maximum Gasteiger partial charge on any atom is 0.262 e. The van der Waals surface area contributed by atoms with Crippen LogP contribution >= 0.6 is 22.6 Å². The lowest BCUT2D eigenvalue weighted by atomic mass is 10.2. The van der Waals surface area contributed by atoms with E-state index in [2.05, 4.69) is 4.72 Å². The summed E-state index contributed by atoms with van der Waals surface area (Å²) in [7, 11) is -3.80. The van der Waals surface area contributed by atoms with E-state index in [-0.39, 0.29) is 11.5 Å². The van der Waals surface area contributed by atoms with Gasteiger partial charge in [-0.1, -0.05) is 12.1 Å². The average molecular weight is 421 g/mol. The van der Waals surface area contributed by atoms with Crippen LogP contribution in [0.3, 0.4) is 0 Å². The molecule has 7 heteroatoms. The van der Waals surface area contributed by atoms with E-state index in [4.69, 9.17) is 5.11 Å². The normalized spacial score (nSPS) is 11.4. The first kappa shape index (κ1) is 16.2. The lowest BCUT2D eigenvalue weighted by Gasteiger charge is -2.12. The van der Waals surface area contributed by atoms with E-state index in [0.29, 0.717) is 20.4 Å². The molecule has 0 aliphatic carbocycles. The summed E-state index contributed by atoms with van der Waals surface area (Å²) in [4.78, 5) is 0.0918. The van der Waals surface area contributed by atoms with Crippen molar-refractivity contribution >= 4 is 38.3 Å². The zero-order valence-electron chi connectivity index (χ0n) is 11.1. The molecule has 0 bridgehead atoms. The van der Waals surface area contributed by atoms with Crippen molar-refractivity contribution in [2.45, 2.75) is 18.4 Å². The molecule has 2 aromatic carbocycles. The van der Waals surface area contributed by atoms with Gasteiger partial charge in [-0.25, -0.2) is 12.8 Å². The van der Waals surface area contributed by atoms with Gasteiger partial charge in [0.25, 0.3) is 10.0 Å². The number of aliphatic hydroxyl groups excluding tert-OH is 1. The number of sulfonamides is 1. The number of aryl methyl sites for hydroxylation is 1. The second-order valence-electron chi connectivity index (χ2n) is 4.49. The molecule has 112 valence electrons. The molecule has 0 saturated heterocycles. The molecule has 0 heterocycles. The van der Waals surface area contributed by atoms with E-state index in [1.165, 1.54) is 24.3 Å². The van der Waals surface area contributed by atoms with Gasteiger partial charge in [-0.2, -0.15) is 0 Å². The Balaban J connectivity index is 2.43. The smallest absolute Gasteiger partial charge is 0.262 e. The van der Waals surface area contributed by atoms with Gasteiger partial charge in [0, 0.05) is 3.57 Å². The van der Waals surface area contributed by atoms with Crippen LogP contribution in [0, 0.1) is 16.3 Å². The maximum absolute atomic E-state index is 13.1. The van der Waals surface area contributed by atoms with Crippen molar-refractivity contribution in [3.05, 3.63) is 56.9 Å². The minimum Gasteiger partial charge on any atom is -0.392 e. The number of hydrogen-bond donors (Lipinski definition) is 2. The second kappa shape index (κ2) is 6.29. The van der Waals surface area contributed by atoms with Crippen LogP contribution in [0.5, 0.6) is 0 Å². The molecule has 0 atom stereocenters. The van der Waals surface area contributed by atoms with Gasteiger partial charge in [-0.15, -0.1) is 0 Å². The van der Waals surface area contributed by atoms with E-state index in [1.54, 1.807) is 19.1 Å². The second-order valence-corrected chi connectivity index (χ2v) is 7.30. The Bertz CT molecular complexity index is 778. The maximum atomic E-state index is 13.1. The van der Waals surface area contributed by atoms with Crippen LogP contribution in [0.15, 0.2) is 41.3 Å². The van der Waals surface area contributed by atoms with Gasteiger partial charge < -0.3 is 5.11 Å².